The van der Waals surface area contributed by atoms with Gasteiger partial charge in [0.25, 0.3) is 5.91 Å². The number of thiophene rings is 1. The maximum absolute atomic E-state index is 12.4. The van der Waals surface area contributed by atoms with E-state index in [4.69, 9.17) is 0 Å². The molecule has 0 atom stereocenters. The van der Waals surface area contributed by atoms with Gasteiger partial charge in [-0.05, 0) is 42.2 Å². The van der Waals surface area contributed by atoms with Crippen LogP contribution in [0.2, 0.25) is 0 Å². The molecule has 1 aromatic carbocycles. The Balaban J connectivity index is 1.63. The van der Waals surface area contributed by atoms with E-state index in [0.717, 1.165) is 30.2 Å². The van der Waals surface area contributed by atoms with E-state index in [-0.39, 0.29) is 5.91 Å². The second kappa shape index (κ2) is 8.38. The van der Waals surface area contributed by atoms with Crippen molar-refractivity contribution in [2.75, 3.05) is 18.4 Å². The van der Waals surface area contributed by atoms with Crippen LogP contribution in [0.15, 0.2) is 47.2 Å². The molecule has 0 unspecified atom stereocenters. The van der Waals surface area contributed by atoms with Crippen LogP contribution in [-0.2, 0) is 6.54 Å². The van der Waals surface area contributed by atoms with Crippen molar-refractivity contribution in [2.45, 2.75) is 20.4 Å². The lowest BCUT2D eigenvalue weighted by molar-refractivity contribution is 0.102. The number of anilines is 1. The normalized spacial score (nSPS) is 11.0. The molecule has 2 heterocycles. The van der Waals surface area contributed by atoms with Gasteiger partial charge in [0.05, 0.1) is 10.6 Å². The van der Waals surface area contributed by atoms with Gasteiger partial charge in [0.1, 0.15) is 0 Å². The van der Waals surface area contributed by atoms with Gasteiger partial charge in [0.2, 0.25) is 0 Å². The number of amides is 1. The molecule has 1 N–H and O–H groups in total. The number of aromatic nitrogens is 1. The third kappa shape index (κ3) is 4.54. The van der Waals surface area contributed by atoms with Gasteiger partial charge >= 0.3 is 0 Å². The van der Waals surface area contributed by atoms with Crippen LogP contribution in [-0.4, -0.2) is 28.9 Å². The molecule has 0 aliphatic carbocycles. The molecule has 0 saturated heterocycles. The minimum atomic E-state index is -0.124. The summed E-state index contributed by atoms with van der Waals surface area (Å²) in [5.74, 6) is -0.124. The third-order valence-corrected chi connectivity index (χ3v) is 5.67. The highest BCUT2D eigenvalue weighted by Crippen LogP contribution is 2.28. The largest absolute Gasteiger partial charge is 0.300 e. The molecule has 0 bridgehead atoms. The Morgan fingerprint density at radius 1 is 1.12 bits per heavy atom. The van der Waals surface area contributed by atoms with E-state index in [1.165, 1.54) is 16.9 Å². The SMILES string of the molecule is CCN(CC)Cc1ccc(C(=O)Nc2nc(-c3cccs3)cs2)cc1. The standard InChI is InChI=1S/C19H21N3OS2/c1-3-22(4-2)12-14-7-9-15(10-8-14)18(23)21-19-20-16(13-25-19)17-6-5-11-24-17/h5-11,13H,3-4,12H2,1-2H3,(H,20,21,23). The average Bonchev–Trinajstić information content (AvgIpc) is 3.31. The molecule has 1 amide bonds. The van der Waals surface area contributed by atoms with Gasteiger partial charge in [-0.3, -0.25) is 15.0 Å². The van der Waals surface area contributed by atoms with Crippen molar-refractivity contribution in [3.05, 3.63) is 58.3 Å². The van der Waals surface area contributed by atoms with Crippen LogP contribution in [0.4, 0.5) is 5.13 Å². The molecule has 25 heavy (non-hydrogen) atoms. The molecular weight excluding hydrogens is 350 g/mol. The fourth-order valence-electron chi connectivity index (χ4n) is 2.50. The van der Waals surface area contributed by atoms with Crippen LogP contribution in [0.1, 0.15) is 29.8 Å². The monoisotopic (exact) mass is 371 g/mol. The van der Waals surface area contributed by atoms with E-state index in [0.29, 0.717) is 10.7 Å². The highest BCUT2D eigenvalue weighted by Gasteiger charge is 2.11. The van der Waals surface area contributed by atoms with Crippen LogP contribution in [0.3, 0.4) is 0 Å². The Bertz CT molecular complexity index is 806. The summed E-state index contributed by atoms with van der Waals surface area (Å²) in [7, 11) is 0. The summed E-state index contributed by atoms with van der Waals surface area (Å²) in [6.07, 6.45) is 0. The first kappa shape index (κ1) is 17.8. The van der Waals surface area contributed by atoms with Gasteiger partial charge in [0.15, 0.2) is 5.13 Å². The van der Waals surface area contributed by atoms with E-state index in [1.54, 1.807) is 11.3 Å². The minimum absolute atomic E-state index is 0.124. The number of hydrogen-bond donors (Lipinski definition) is 1. The van der Waals surface area contributed by atoms with Crippen molar-refractivity contribution in [1.82, 2.24) is 9.88 Å². The molecule has 0 spiro atoms. The van der Waals surface area contributed by atoms with Crippen LogP contribution in [0, 0.1) is 0 Å². The molecule has 2 aromatic heterocycles. The van der Waals surface area contributed by atoms with Gasteiger partial charge in [0, 0.05) is 17.5 Å². The van der Waals surface area contributed by atoms with E-state index >= 15 is 0 Å². The molecule has 0 aliphatic heterocycles. The molecule has 0 fully saturated rings. The van der Waals surface area contributed by atoms with E-state index in [9.17, 15) is 4.79 Å². The van der Waals surface area contributed by atoms with Crippen molar-refractivity contribution in [3.8, 4) is 10.6 Å². The Hall–Kier alpha value is -2.02. The lowest BCUT2D eigenvalue weighted by Crippen LogP contribution is -2.22. The Kier molecular flexibility index (Phi) is 5.96. The zero-order valence-electron chi connectivity index (χ0n) is 14.4. The second-order valence-electron chi connectivity index (χ2n) is 5.63. The fraction of sp³-hybridized carbons (Fsp3) is 0.263. The first-order chi connectivity index (χ1) is 12.2. The van der Waals surface area contributed by atoms with Gasteiger partial charge in [-0.15, -0.1) is 22.7 Å². The zero-order chi connectivity index (χ0) is 17.6. The number of hydrogen-bond acceptors (Lipinski definition) is 5. The Morgan fingerprint density at radius 2 is 1.88 bits per heavy atom. The second-order valence-corrected chi connectivity index (χ2v) is 7.43. The predicted molar refractivity (Wildman–Crippen MR) is 106 cm³/mol. The van der Waals surface area contributed by atoms with Crippen molar-refractivity contribution in [2.24, 2.45) is 0 Å². The summed E-state index contributed by atoms with van der Waals surface area (Å²) < 4.78 is 0. The van der Waals surface area contributed by atoms with E-state index in [1.807, 2.05) is 47.2 Å². The molecular formula is C19H21N3OS2. The first-order valence-electron chi connectivity index (χ1n) is 8.31. The number of carbonyl (C=O) groups is 1. The molecule has 3 rings (SSSR count). The zero-order valence-corrected chi connectivity index (χ0v) is 16.0. The number of carbonyl (C=O) groups excluding carboxylic acids is 1. The molecule has 4 nitrogen and oxygen atoms in total. The summed E-state index contributed by atoms with van der Waals surface area (Å²) >= 11 is 3.09. The first-order valence-corrected chi connectivity index (χ1v) is 10.1. The Labute approximate surface area is 156 Å². The summed E-state index contributed by atoms with van der Waals surface area (Å²) in [4.78, 5) is 20.3. The molecule has 0 saturated carbocycles. The van der Waals surface area contributed by atoms with Crippen molar-refractivity contribution in [3.63, 3.8) is 0 Å². The minimum Gasteiger partial charge on any atom is -0.300 e. The number of rotatable bonds is 7. The maximum Gasteiger partial charge on any atom is 0.257 e. The maximum atomic E-state index is 12.4. The molecule has 130 valence electrons. The number of nitrogens with one attached hydrogen (secondary N) is 1. The lowest BCUT2D eigenvalue weighted by atomic mass is 10.1. The van der Waals surface area contributed by atoms with E-state index in [2.05, 4.69) is 29.0 Å². The molecule has 3 aromatic rings. The van der Waals surface area contributed by atoms with Gasteiger partial charge < -0.3 is 0 Å². The van der Waals surface area contributed by atoms with Gasteiger partial charge in [-0.2, -0.15) is 0 Å². The van der Waals surface area contributed by atoms with Gasteiger partial charge in [-0.25, -0.2) is 4.98 Å². The van der Waals surface area contributed by atoms with Crippen LogP contribution >= 0.6 is 22.7 Å². The van der Waals surface area contributed by atoms with Gasteiger partial charge in [-0.1, -0.05) is 32.0 Å². The summed E-state index contributed by atoms with van der Waals surface area (Å²) in [5, 5.41) is 7.50. The van der Waals surface area contributed by atoms with E-state index < -0.39 is 0 Å². The number of benzene rings is 1. The summed E-state index contributed by atoms with van der Waals surface area (Å²) in [6.45, 7) is 7.27. The van der Waals surface area contributed by atoms with Crippen LogP contribution in [0.25, 0.3) is 10.6 Å². The number of thiazole rings is 1. The average molecular weight is 372 g/mol. The third-order valence-electron chi connectivity index (χ3n) is 4.02. The van der Waals surface area contributed by atoms with Crippen LogP contribution < -0.4 is 5.32 Å². The smallest absolute Gasteiger partial charge is 0.257 e. The lowest BCUT2D eigenvalue weighted by Gasteiger charge is -2.17. The molecule has 6 heteroatoms. The van der Waals surface area contributed by atoms with Crippen molar-refractivity contribution < 1.29 is 4.79 Å². The highest BCUT2D eigenvalue weighted by atomic mass is 32.1. The highest BCUT2D eigenvalue weighted by molar-refractivity contribution is 7.16. The summed E-state index contributed by atoms with van der Waals surface area (Å²) in [5.41, 5.74) is 2.77. The molecule has 0 aliphatic rings. The van der Waals surface area contributed by atoms with Crippen molar-refractivity contribution in [1.29, 1.82) is 0 Å². The number of nitrogens with zero attached hydrogens (tertiary/aromatic N) is 2. The molecule has 0 radical (unpaired) electrons. The summed E-state index contributed by atoms with van der Waals surface area (Å²) in [6, 6.07) is 11.8. The predicted octanol–water partition coefficient (Wildman–Crippen LogP) is 4.97. The van der Waals surface area contributed by atoms with Crippen LogP contribution in [0.5, 0.6) is 0 Å². The Morgan fingerprint density at radius 3 is 2.52 bits per heavy atom. The fourth-order valence-corrected chi connectivity index (χ4v) is 3.97. The van der Waals surface area contributed by atoms with Crippen molar-refractivity contribution >= 4 is 33.7 Å². The quantitative estimate of drug-likeness (QED) is 0.638. The topological polar surface area (TPSA) is 45.2 Å².